The van der Waals surface area contributed by atoms with Gasteiger partial charge in [-0.05, 0) is 24.3 Å². The molecule has 0 aliphatic rings. The predicted molar refractivity (Wildman–Crippen MR) is 97.6 cm³/mol. The Morgan fingerprint density at radius 3 is 2.42 bits per heavy atom. The third-order valence-corrected chi connectivity index (χ3v) is 4.18. The van der Waals surface area contributed by atoms with Crippen molar-refractivity contribution in [2.24, 2.45) is 0 Å². The van der Waals surface area contributed by atoms with Crippen LogP contribution < -0.4 is 0 Å². The normalized spacial score (nSPS) is 10.8. The number of benzene rings is 3. The number of nitrogens with zero attached hydrogens (tertiary/aromatic N) is 3. The van der Waals surface area contributed by atoms with Crippen LogP contribution in [0.4, 0.5) is 5.69 Å². The maximum atomic E-state index is 12.6. The minimum Gasteiger partial charge on any atom is -0.293 e. The monoisotopic (exact) mass is 343 g/mol. The van der Waals surface area contributed by atoms with Crippen LogP contribution in [-0.4, -0.2) is 20.3 Å². The summed E-state index contributed by atoms with van der Waals surface area (Å²) in [6.07, 6.45) is 1.55. The van der Waals surface area contributed by atoms with Crippen LogP contribution in [0.15, 0.2) is 79.1 Å². The first kappa shape index (κ1) is 15.7. The van der Waals surface area contributed by atoms with E-state index in [1.165, 1.54) is 6.07 Å². The highest BCUT2D eigenvalue weighted by Gasteiger charge is 2.20. The molecule has 0 saturated heterocycles. The highest BCUT2D eigenvalue weighted by Crippen LogP contribution is 2.28. The fourth-order valence-corrected chi connectivity index (χ4v) is 2.92. The summed E-state index contributed by atoms with van der Waals surface area (Å²) in [7, 11) is 0. The number of aromatic nitrogens is 2. The number of rotatable bonds is 4. The van der Waals surface area contributed by atoms with E-state index in [-0.39, 0.29) is 17.0 Å². The molecule has 0 unspecified atom stereocenters. The van der Waals surface area contributed by atoms with E-state index in [1.807, 2.05) is 30.3 Å². The molecule has 6 nitrogen and oxygen atoms in total. The number of nitro groups is 1. The molecule has 1 heterocycles. The predicted octanol–water partition coefficient (Wildman–Crippen LogP) is 4.16. The van der Waals surface area contributed by atoms with Gasteiger partial charge in [-0.3, -0.25) is 19.5 Å². The van der Waals surface area contributed by atoms with Crippen molar-refractivity contribution in [2.75, 3.05) is 0 Å². The first-order valence-corrected chi connectivity index (χ1v) is 7.96. The molecule has 0 fully saturated rings. The zero-order valence-electron chi connectivity index (χ0n) is 13.6. The number of hydrogen-bond donors (Lipinski definition) is 0. The third kappa shape index (κ3) is 2.63. The van der Waals surface area contributed by atoms with Crippen LogP contribution in [-0.2, 0) is 0 Å². The summed E-state index contributed by atoms with van der Waals surface area (Å²) in [5.74, 6) is -0.254. The number of fused-ring (bicyclic) bond motifs is 1. The lowest BCUT2D eigenvalue weighted by molar-refractivity contribution is -0.384. The minimum atomic E-state index is -0.480. The van der Waals surface area contributed by atoms with Crippen LogP contribution in [0.25, 0.3) is 16.7 Å². The number of ketones is 1. The average Bonchev–Trinajstić information content (AvgIpc) is 3.11. The topological polar surface area (TPSA) is 78.0 Å². The van der Waals surface area contributed by atoms with Gasteiger partial charge in [-0.25, -0.2) is 4.98 Å². The van der Waals surface area contributed by atoms with Crippen molar-refractivity contribution >= 4 is 22.5 Å². The minimum absolute atomic E-state index is 0.144. The first-order valence-electron chi connectivity index (χ1n) is 7.96. The molecule has 0 radical (unpaired) electrons. The highest BCUT2D eigenvalue weighted by molar-refractivity contribution is 6.09. The number of para-hydroxylation sites is 2. The van der Waals surface area contributed by atoms with E-state index in [9.17, 15) is 14.9 Å². The molecule has 0 N–H and O–H groups in total. The van der Waals surface area contributed by atoms with Crippen LogP contribution >= 0.6 is 0 Å². The van der Waals surface area contributed by atoms with Crippen molar-refractivity contribution in [3.05, 3.63) is 100 Å². The molecule has 0 aliphatic carbocycles. The van der Waals surface area contributed by atoms with Gasteiger partial charge in [0.25, 0.3) is 5.69 Å². The summed E-state index contributed by atoms with van der Waals surface area (Å²) in [6.45, 7) is 0. The Morgan fingerprint density at radius 2 is 1.65 bits per heavy atom. The van der Waals surface area contributed by atoms with E-state index in [4.69, 9.17) is 0 Å². The van der Waals surface area contributed by atoms with E-state index in [1.54, 1.807) is 47.3 Å². The Hall–Kier alpha value is -3.80. The number of hydrogen-bond acceptors (Lipinski definition) is 4. The molecule has 0 amide bonds. The summed E-state index contributed by atoms with van der Waals surface area (Å²) in [4.78, 5) is 28.0. The lowest BCUT2D eigenvalue weighted by atomic mass is 10.0. The number of nitro benzene ring substituents is 1. The second-order valence-corrected chi connectivity index (χ2v) is 5.76. The van der Waals surface area contributed by atoms with Gasteiger partial charge in [0.05, 0.1) is 16.0 Å². The van der Waals surface area contributed by atoms with E-state index in [0.717, 1.165) is 11.0 Å². The van der Waals surface area contributed by atoms with Crippen LogP contribution in [0, 0.1) is 10.1 Å². The van der Waals surface area contributed by atoms with Crippen LogP contribution in [0.5, 0.6) is 0 Å². The standard InChI is InChI=1S/C20H13N3O3/c24-20(14-6-2-1-3-7-14)15-10-11-18(19(12-15)23(25)26)22-13-21-16-8-4-5-9-17(16)22/h1-13H. The fourth-order valence-electron chi connectivity index (χ4n) is 2.92. The molecule has 4 aromatic rings. The molecule has 1 aromatic heterocycles. The van der Waals surface area contributed by atoms with E-state index in [2.05, 4.69) is 4.98 Å². The fraction of sp³-hybridized carbons (Fsp3) is 0. The Kier molecular flexibility index (Phi) is 3.78. The van der Waals surface area contributed by atoms with E-state index >= 15 is 0 Å². The Balaban J connectivity index is 1.85. The summed E-state index contributed by atoms with van der Waals surface area (Å²) in [5, 5.41) is 11.6. The van der Waals surface area contributed by atoms with Crippen LogP contribution in [0.3, 0.4) is 0 Å². The molecule has 0 atom stereocenters. The van der Waals surface area contributed by atoms with Crippen molar-refractivity contribution in [3.63, 3.8) is 0 Å². The highest BCUT2D eigenvalue weighted by atomic mass is 16.6. The number of imidazole rings is 1. The molecule has 0 saturated carbocycles. The largest absolute Gasteiger partial charge is 0.294 e. The van der Waals surface area contributed by atoms with Gasteiger partial charge in [-0.15, -0.1) is 0 Å². The maximum Gasteiger partial charge on any atom is 0.294 e. The van der Waals surface area contributed by atoms with Crippen molar-refractivity contribution < 1.29 is 9.72 Å². The molecule has 0 bridgehead atoms. The second kappa shape index (κ2) is 6.25. The quantitative estimate of drug-likeness (QED) is 0.316. The van der Waals surface area contributed by atoms with Crippen LogP contribution in [0.1, 0.15) is 15.9 Å². The smallest absolute Gasteiger partial charge is 0.293 e. The van der Waals surface area contributed by atoms with Gasteiger partial charge in [0.15, 0.2) is 5.78 Å². The molecule has 126 valence electrons. The molecule has 6 heteroatoms. The van der Waals surface area contributed by atoms with Gasteiger partial charge in [-0.1, -0.05) is 42.5 Å². The van der Waals surface area contributed by atoms with Gasteiger partial charge in [0, 0.05) is 17.2 Å². The SMILES string of the molecule is O=C(c1ccccc1)c1ccc(-n2cnc3ccccc32)c([N+](=O)[O-])c1. The molecule has 0 spiro atoms. The second-order valence-electron chi connectivity index (χ2n) is 5.76. The molecule has 3 aromatic carbocycles. The van der Waals surface area contributed by atoms with Crippen molar-refractivity contribution in [1.82, 2.24) is 9.55 Å². The van der Waals surface area contributed by atoms with Gasteiger partial charge in [0.2, 0.25) is 0 Å². The van der Waals surface area contributed by atoms with E-state index < -0.39 is 4.92 Å². The van der Waals surface area contributed by atoms with Gasteiger partial charge >= 0.3 is 0 Å². The van der Waals surface area contributed by atoms with E-state index in [0.29, 0.717) is 11.3 Å². The number of carbonyl (C=O) groups is 1. The Labute approximate surface area is 148 Å². The molecule has 0 aliphatic heterocycles. The van der Waals surface area contributed by atoms with Gasteiger partial charge in [-0.2, -0.15) is 0 Å². The average molecular weight is 343 g/mol. The Bertz CT molecular complexity index is 1130. The van der Waals surface area contributed by atoms with Crippen LogP contribution in [0.2, 0.25) is 0 Å². The summed E-state index contributed by atoms with van der Waals surface area (Å²) < 4.78 is 1.66. The summed E-state index contributed by atoms with van der Waals surface area (Å²) in [6, 6.07) is 20.6. The lowest BCUT2D eigenvalue weighted by Crippen LogP contribution is -2.05. The van der Waals surface area contributed by atoms with Crippen molar-refractivity contribution in [3.8, 4) is 5.69 Å². The lowest BCUT2D eigenvalue weighted by Gasteiger charge is -2.08. The zero-order valence-corrected chi connectivity index (χ0v) is 13.6. The van der Waals surface area contributed by atoms with Crippen molar-refractivity contribution in [1.29, 1.82) is 0 Å². The summed E-state index contributed by atoms with van der Waals surface area (Å²) in [5.41, 5.74) is 2.49. The Morgan fingerprint density at radius 1 is 0.923 bits per heavy atom. The molecular formula is C20H13N3O3. The first-order chi connectivity index (χ1) is 12.6. The van der Waals surface area contributed by atoms with Gasteiger partial charge < -0.3 is 0 Å². The molecular weight excluding hydrogens is 330 g/mol. The molecule has 4 rings (SSSR count). The third-order valence-electron chi connectivity index (χ3n) is 4.18. The molecule has 26 heavy (non-hydrogen) atoms. The summed E-state index contributed by atoms with van der Waals surface area (Å²) >= 11 is 0. The maximum absolute atomic E-state index is 12.6. The number of carbonyl (C=O) groups excluding carboxylic acids is 1. The van der Waals surface area contributed by atoms with Crippen molar-refractivity contribution in [2.45, 2.75) is 0 Å². The zero-order chi connectivity index (χ0) is 18.1. The van der Waals surface area contributed by atoms with Gasteiger partial charge in [0.1, 0.15) is 12.0 Å².